The predicted molar refractivity (Wildman–Crippen MR) is 106 cm³/mol. The first kappa shape index (κ1) is 19.2. The van der Waals surface area contributed by atoms with Gasteiger partial charge in [-0.3, -0.25) is 4.79 Å². The Hall–Kier alpha value is -2.60. The molecule has 3 aromatic rings. The van der Waals surface area contributed by atoms with E-state index in [0.29, 0.717) is 23.3 Å². The number of thioether (sulfide) groups is 1. The van der Waals surface area contributed by atoms with E-state index in [1.165, 1.54) is 11.8 Å². The summed E-state index contributed by atoms with van der Waals surface area (Å²) in [6.45, 7) is 8.42. The molecule has 0 fully saturated rings. The number of Topliss-reactive ketones (excluding diaryl/α,β-unsaturated/α-hetero) is 1. The van der Waals surface area contributed by atoms with Crippen molar-refractivity contribution in [3.63, 3.8) is 0 Å². The van der Waals surface area contributed by atoms with Crippen LogP contribution in [-0.4, -0.2) is 27.8 Å². The van der Waals surface area contributed by atoms with Crippen molar-refractivity contribution < 1.29 is 13.9 Å². The normalized spacial score (nSPS) is 12.0. The van der Waals surface area contributed by atoms with Gasteiger partial charge in [0.05, 0.1) is 11.9 Å². The van der Waals surface area contributed by atoms with Crippen LogP contribution in [0.2, 0.25) is 0 Å². The van der Waals surface area contributed by atoms with Gasteiger partial charge in [-0.15, -0.1) is 10.2 Å². The lowest BCUT2D eigenvalue weighted by Crippen LogP contribution is -2.13. The maximum absolute atomic E-state index is 12.6. The van der Waals surface area contributed by atoms with Gasteiger partial charge in [0.2, 0.25) is 5.89 Å². The molecule has 0 amide bonds. The first-order valence-electron chi connectivity index (χ1n) is 8.82. The van der Waals surface area contributed by atoms with Crippen LogP contribution >= 0.6 is 11.8 Å². The van der Waals surface area contributed by atoms with Gasteiger partial charge in [0, 0.05) is 11.1 Å². The molecule has 0 aliphatic heterocycles. The van der Waals surface area contributed by atoms with Gasteiger partial charge in [-0.2, -0.15) is 0 Å². The van der Waals surface area contributed by atoms with Crippen LogP contribution in [0.25, 0.3) is 11.5 Å². The fraction of sp³-hybridized carbons (Fsp3) is 0.286. The maximum Gasteiger partial charge on any atom is 0.277 e. The van der Waals surface area contributed by atoms with Crippen LogP contribution in [-0.2, 0) is 0 Å². The average Bonchev–Trinajstić information content (AvgIpc) is 3.10. The molecule has 0 N–H and O–H groups in total. The molecule has 140 valence electrons. The van der Waals surface area contributed by atoms with Gasteiger partial charge < -0.3 is 9.15 Å². The molecular formula is C21H22N2O3S. The zero-order chi connectivity index (χ0) is 19.4. The largest absolute Gasteiger partial charge is 0.494 e. The molecule has 1 heterocycles. The fourth-order valence-electron chi connectivity index (χ4n) is 2.79. The van der Waals surface area contributed by atoms with E-state index in [9.17, 15) is 4.79 Å². The third-order valence-corrected chi connectivity index (χ3v) is 4.91. The molecule has 0 spiro atoms. The Labute approximate surface area is 163 Å². The van der Waals surface area contributed by atoms with Crippen molar-refractivity contribution in [2.45, 2.75) is 38.2 Å². The second-order valence-corrected chi connectivity index (χ2v) is 7.62. The number of ketones is 1. The topological polar surface area (TPSA) is 65.2 Å². The summed E-state index contributed by atoms with van der Waals surface area (Å²) in [6, 6.07) is 13.3. The van der Waals surface area contributed by atoms with E-state index in [0.717, 1.165) is 22.4 Å². The molecule has 0 aliphatic carbocycles. The van der Waals surface area contributed by atoms with Gasteiger partial charge in [-0.25, -0.2) is 0 Å². The zero-order valence-corrected chi connectivity index (χ0v) is 16.7. The molecule has 0 aliphatic rings. The summed E-state index contributed by atoms with van der Waals surface area (Å²) < 4.78 is 11.2. The summed E-state index contributed by atoms with van der Waals surface area (Å²) in [7, 11) is 0. The summed E-state index contributed by atoms with van der Waals surface area (Å²) in [4.78, 5) is 12.6. The van der Waals surface area contributed by atoms with Crippen LogP contribution in [0.15, 0.2) is 52.1 Å². The monoisotopic (exact) mass is 382 g/mol. The molecule has 0 unspecified atom stereocenters. The van der Waals surface area contributed by atoms with Crippen molar-refractivity contribution >= 4 is 17.5 Å². The lowest BCUT2D eigenvalue weighted by atomic mass is 10.1. The molecule has 27 heavy (non-hydrogen) atoms. The minimum atomic E-state index is -0.338. The van der Waals surface area contributed by atoms with Crippen LogP contribution in [0.1, 0.15) is 35.3 Å². The minimum absolute atomic E-state index is 0.00852. The second-order valence-electron chi connectivity index (χ2n) is 6.33. The summed E-state index contributed by atoms with van der Waals surface area (Å²) in [5.74, 6) is 1.23. The highest BCUT2D eigenvalue weighted by atomic mass is 32.2. The Kier molecular flexibility index (Phi) is 5.96. The molecule has 3 rings (SSSR count). The molecule has 1 atom stereocenters. The number of rotatable bonds is 7. The van der Waals surface area contributed by atoms with Crippen molar-refractivity contribution in [3.05, 3.63) is 59.2 Å². The van der Waals surface area contributed by atoms with E-state index in [-0.39, 0.29) is 11.0 Å². The highest BCUT2D eigenvalue weighted by Gasteiger charge is 2.20. The third-order valence-electron chi connectivity index (χ3n) is 3.97. The summed E-state index contributed by atoms with van der Waals surface area (Å²) >= 11 is 1.26. The number of aromatic nitrogens is 2. The summed E-state index contributed by atoms with van der Waals surface area (Å²) in [6.07, 6.45) is 0. The van der Waals surface area contributed by atoms with Gasteiger partial charge in [-0.1, -0.05) is 29.0 Å². The number of ether oxygens (including phenoxy) is 1. The van der Waals surface area contributed by atoms with E-state index in [1.807, 2.05) is 39.8 Å². The van der Waals surface area contributed by atoms with Gasteiger partial charge in [0.15, 0.2) is 5.78 Å². The Morgan fingerprint density at radius 3 is 2.41 bits per heavy atom. The Bertz CT molecular complexity index is 915. The van der Waals surface area contributed by atoms with E-state index in [1.54, 1.807) is 24.3 Å². The van der Waals surface area contributed by atoms with Crippen LogP contribution in [0.5, 0.6) is 5.75 Å². The Morgan fingerprint density at radius 1 is 1.11 bits per heavy atom. The number of aryl methyl sites for hydroxylation is 2. The smallest absolute Gasteiger partial charge is 0.277 e. The van der Waals surface area contributed by atoms with Crippen molar-refractivity contribution in [1.82, 2.24) is 10.2 Å². The quantitative estimate of drug-likeness (QED) is 0.418. The van der Waals surface area contributed by atoms with Crippen LogP contribution in [0.3, 0.4) is 0 Å². The van der Waals surface area contributed by atoms with Crippen molar-refractivity contribution in [1.29, 1.82) is 0 Å². The highest BCUT2D eigenvalue weighted by molar-refractivity contribution is 8.00. The van der Waals surface area contributed by atoms with Gasteiger partial charge >= 0.3 is 0 Å². The number of hydrogen-bond donors (Lipinski definition) is 0. The lowest BCUT2D eigenvalue weighted by Gasteiger charge is -2.08. The molecule has 0 saturated heterocycles. The first-order valence-corrected chi connectivity index (χ1v) is 9.70. The zero-order valence-electron chi connectivity index (χ0n) is 15.9. The minimum Gasteiger partial charge on any atom is -0.494 e. The fourth-order valence-corrected chi connectivity index (χ4v) is 3.55. The predicted octanol–water partition coefficient (Wildman–Crippen LogP) is 5.12. The van der Waals surface area contributed by atoms with Gasteiger partial charge in [0.1, 0.15) is 5.75 Å². The van der Waals surface area contributed by atoms with Crippen molar-refractivity contribution in [2.24, 2.45) is 0 Å². The first-order chi connectivity index (χ1) is 13.0. The van der Waals surface area contributed by atoms with E-state index in [2.05, 4.69) is 16.3 Å². The Balaban J connectivity index is 1.69. The molecule has 0 saturated carbocycles. The molecular weight excluding hydrogens is 360 g/mol. The Morgan fingerprint density at radius 2 is 1.78 bits per heavy atom. The highest BCUT2D eigenvalue weighted by Crippen LogP contribution is 2.29. The van der Waals surface area contributed by atoms with Crippen molar-refractivity contribution in [2.75, 3.05) is 6.61 Å². The average molecular weight is 382 g/mol. The number of carbonyl (C=O) groups excluding carboxylic acids is 1. The number of carbonyl (C=O) groups is 1. The van der Waals surface area contributed by atoms with Gasteiger partial charge in [-0.05, 0) is 64.1 Å². The standard InChI is InChI=1S/C21H22N2O3S/c1-5-25-18-8-6-16(7-9-18)19(24)15(4)27-21-23-22-20(26-21)17-11-13(2)10-14(3)12-17/h6-12,15H,5H2,1-4H3/t15-/m0/s1. The molecule has 2 aromatic carbocycles. The summed E-state index contributed by atoms with van der Waals surface area (Å²) in [5.41, 5.74) is 3.79. The van der Waals surface area contributed by atoms with Crippen LogP contribution in [0, 0.1) is 13.8 Å². The van der Waals surface area contributed by atoms with E-state index >= 15 is 0 Å². The lowest BCUT2D eigenvalue weighted by molar-refractivity contribution is 0.0993. The second kappa shape index (κ2) is 8.39. The summed E-state index contributed by atoms with van der Waals surface area (Å²) in [5, 5.41) is 8.25. The van der Waals surface area contributed by atoms with E-state index < -0.39 is 0 Å². The number of hydrogen-bond acceptors (Lipinski definition) is 6. The van der Waals surface area contributed by atoms with Gasteiger partial charge in [0.25, 0.3) is 5.22 Å². The molecule has 0 radical (unpaired) electrons. The molecule has 5 nitrogen and oxygen atoms in total. The SMILES string of the molecule is CCOc1ccc(C(=O)[C@H](C)Sc2nnc(-c3cc(C)cc(C)c3)o2)cc1. The van der Waals surface area contributed by atoms with Crippen LogP contribution < -0.4 is 4.74 Å². The molecule has 1 aromatic heterocycles. The number of nitrogens with zero attached hydrogens (tertiary/aromatic N) is 2. The molecule has 6 heteroatoms. The van der Waals surface area contributed by atoms with Crippen molar-refractivity contribution in [3.8, 4) is 17.2 Å². The maximum atomic E-state index is 12.6. The third kappa shape index (κ3) is 4.77. The van der Waals surface area contributed by atoms with Crippen LogP contribution in [0.4, 0.5) is 0 Å². The van der Waals surface area contributed by atoms with E-state index in [4.69, 9.17) is 9.15 Å². The molecule has 0 bridgehead atoms. The number of benzene rings is 2.